The molecule has 0 spiro atoms. The number of aliphatic imine (C=N–C) groups is 1. The first-order valence-electron chi connectivity index (χ1n) is 9.00. The molecule has 0 atom stereocenters. The number of likely N-dealkylation sites (tertiary alicyclic amines) is 1. The largest absolute Gasteiger partial charge is 0.356 e. The summed E-state index contributed by atoms with van der Waals surface area (Å²) in [7, 11) is 1.84. The third-order valence-corrected chi connectivity index (χ3v) is 5.34. The van der Waals surface area contributed by atoms with Gasteiger partial charge >= 0.3 is 0 Å². The Balaban J connectivity index is 1.50. The fourth-order valence-electron chi connectivity index (χ4n) is 3.00. The second-order valence-electron chi connectivity index (χ2n) is 6.33. The minimum atomic E-state index is 0.854. The van der Waals surface area contributed by atoms with Crippen LogP contribution >= 0.6 is 11.3 Å². The van der Waals surface area contributed by atoms with Gasteiger partial charge in [0.05, 0.1) is 6.54 Å². The zero-order valence-corrected chi connectivity index (χ0v) is 15.6. The summed E-state index contributed by atoms with van der Waals surface area (Å²) in [5.74, 6) is 0.909. The van der Waals surface area contributed by atoms with Crippen LogP contribution in [0.3, 0.4) is 0 Å². The summed E-state index contributed by atoms with van der Waals surface area (Å²) in [6, 6.07) is 4.35. The van der Waals surface area contributed by atoms with Gasteiger partial charge in [0.25, 0.3) is 0 Å². The topological polar surface area (TPSA) is 39.7 Å². The number of aryl methyl sites for hydroxylation is 1. The molecule has 1 fully saturated rings. The first-order valence-corrected chi connectivity index (χ1v) is 9.82. The van der Waals surface area contributed by atoms with E-state index in [-0.39, 0.29) is 0 Å². The van der Waals surface area contributed by atoms with Crippen molar-refractivity contribution in [2.24, 2.45) is 4.99 Å². The Kier molecular flexibility index (Phi) is 8.47. The molecule has 5 heteroatoms. The summed E-state index contributed by atoms with van der Waals surface area (Å²) < 4.78 is 0. The van der Waals surface area contributed by atoms with E-state index in [2.05, 4.69) is 39.6 Å². The lowest BCUT2D eigenvalue weighted by atomic mass is 10.1. The first kappa shape index (κ1) is 18.3. The molecule has 1 aliphatic rings. The number of piperidine rings is 1. The molecular formula is C18H32N4S. The SMILES string of the molecule is CN=C(NCCCCCN1CCCCC1)NCc1ccc(C)s1. The van der Waals surface area contributed by atoms with Gasteiger partial charge in [-0.3, -0.25) is 4.99 Å². The number of thiophene rings is 1. The van der Waals surface area contributed by atoms with E-state index in [1.54, 1.807) is 0 Å². The monoisotopic (exact) mass is 336 g/mol. The number of nitrogens with zero attached hydrogens (tertiary/aromatic N) is 2. The van der Waals surface area contributed by atoms with Crippen molar-refractivity contribution in [1.82, 2.24) is 15.5 Å². The molecule has 0 amide bonds. The van der Waals surface area contributed by atoms with E-state index in [4.69, 9.17) is 0 Å². The summed E-state index contributed by atoms with van der Waals surface area (Å²) in [6.45, 7) is 7.92. The Morgan fingerprint density at radius 3 is 2.65 bits per heavy atom. The molecule has 0 aliphatic carbocycles. The molecule has 1 aliphatic heterocycles. The number of unbranched alkanes of at least 4 members (excludes halogenated alkanes) is 2. The van der Waals surface area contributed by atoms with E-state index in [1.165, 1.54) is 67.9 Å². The molecule has 0 saturated carbocycles. The van der Waals surface area contributed by atoms with Crippen LogP contribution in [0.2, 0.25) is 0 Å². The molecule has 23 heavy (non-hydrogen) atoms. The van der Waals surface area contributed by atoms with Gasteiger partial charge in [-0.1, -0.05) is 12.8 Å². The number of nitrogens with one attached hydrogen (secondary N) is 2. The summed E-state index contributed by atoms with van der Waals surface area (Å²) in [6.07, 6.45) is 8.05. The average Bonchev–Trinajstić information content (AvgIpc) is 3.00. The molecule has 0 aromatic carbocycles. The second-order valence-corrected chi connectivity index (χ2v) is 7.70. The highest BCUT2D eigenvalue weighted by Crippen LogP contribution is 2.14. The quantitative estimate of drug-likeness (QED) is 0.434. The molecule has 1 aromatic rings. The summed E-state index contributed by atoms with van der Waals surface area (Å²) >= 11 is 1.84. The maximum absolute atomic E-state index is 4.29. The molecule has 1 aromatic heterocycles. The van der Waals surface area contributed by atoms with Gasteiger partial charge < -0.3 is 15.5 Å². The van der Waals surface area contributed by atoms with E-state index in [9.17, 15) is 0 Å². The molecule has 0 bridgehead atoms. The number of guanidine groups is 1. The van der Waals surface area contributed by atoms with Gasteiger partial charge in [0.2, 0.25) is 0 Å². The zero-order chi connectivity index (χ0) is 16.3. The normalized spacial score (nSPS) is 16.5. The van der Waals surface area contributed by atoms with Crippen molar-refractivity contribution in [2.45, 2.75) is 52.0 Å². The van der Waals surface area contributed by atoms with Crippen molar-refractivity contribution in [3.05, 3.63) is 21.9 Å². The molecule has 0 radical (unpaired) electrons. The lowest BCUT2D eigenvalue weighted by Crippen LogP contribution is -2.37. The summed E-state index contributed by atoms with van der Waals surface area (Å²) in [5.41, 5.74) is 0. The van der Waals surface area contributed by atoms with Crippen molar-refractivity contribution < 1.29 is 0 Å². The number of rotatable bonds is 8. The van der Waals surface area contributed by atoms with E-state index >= 15 is 0 Å². The fraction of sp³-hybridized carbons (Fsp3) is 0.722. The maximum atomic E-state index is 4.29. The highest BCUT2D eigenvalue weighted by atomic mass is 32.1. The minimum Gasteiger partial charge on any atom is -0.356 e. The van der Waals surface area contributed by atoms with E-state index in [0.29, 0.717) is 0 Å². The van der Waals surface area contributed by atoms with Gasteiger partial charge in [-0.25, -0.2) is 0 Å². The van der Waals surface area contributed by atoms with Gasteiger partial charge in [-0.2, -0.15) is 0 Å². The zero-order valence-electron chi connectivity index (χ0n) is 14.7. The Morgan fingerprint density at radius 2 is 1.96 bits per heavy atom. The van der Waals surface area contributed by atoms with Crippen LogP contribution in [-0.4, -0.2) is 44.1 Å². The van der Waals surface area contributed by atoms with Crippen molar-refractivity contribution in [2.75, 3.05) is 33.2 Å². The third-order valence-electron chi connectivity index (χ3n) is 4.34. The molecule has 1 saturated heterocycles. The third kappa shape index (κ3) is 7.36. The van der Waals surface area contributed by atoms with Crippen LogP contribution < -0.4 is 10.6 Å². The van der Waals surface area contributed by atoms with Crippen LogP contribution in [0.25, 0.3) is 0 Å². The standard InChI is InChI=1S/C18H32N4S/c1-16-9-10-17(23-16)15-21-18(19-2)20-11-5-3-6-12-22-13-7-4-8-14-22/h9-10H,3-8,11-15H2,1-2H3,(H2,19,20,21). The Hall–Kier alpha value is -1.07. The first-order chi connectivity index (χ1) is 11.3. The van der Waals surface area contributed by atoms with Crippen molar-refractivity contribution in [3.63, 3.8) is 0 Å². The van der Waals surface area contributed by atoms with Crippen LogP contribution in [0.15, 0.2) is 17.1 Å². The smallest absolute Gasteiger partial charge is 0.191 e. The van der Waals surface area contributed by atoms with Gasteiger partial charge in [0, 0.05) is 23.3 Å². The van der Waals surface area contributed by atoms with Gasteiger partial charge in [-0.05, 0) is 64.4 Å². The van der Waals surface area contributed by atoms with E-state index in [0.717, 1.165) is 19.0 Å². The molecular weight excluding hydrogens is 304 g/mol. The average molecular weight is 337 g/mol. The number of hydrogen-bond donors (Lipinski definition) is 2. The lowest BCUT2D eigenvalue weighted by Gasteiger charge is -2.26. The van der Waals surface area contributed by atoms with Gasteiger partial charge in [0.15, 0.2) is 5.96 Å². The van der Waals surface area contributed by atoms with Crippen molar-refractivity contribution >= 4 is 17.3 Å². The van der Waals surface area contributed by atoms with E-state index in [1.807, 2.05) is 18.4 Å². The van der Waals surface area contributed by atoms with Crippen LogP contribution in [0.4, 0.5) is 0 Å². The minimum absolute atomic E-state index is 0.854. The van der Waals surface area contributed by atoms with Crippen LogP contribution in [0.5, 0.6) is 0 Å². The fourth-order valence-corrected chi connectivity index (χ4v) is 3.83. The van der Waals surface area contributed by atoms with Gasteiger partial charge in [0.1, 0.15) is 0 Å². The molecule has 2 N–H and O–H groups in total. The Morgan fingerprint density at radius 1 is 1.13 bits per heavy atom. The molecule has 2 rings (SSSR count). The van der Waals surface area contributed by atoms with Crippen LogP contribution in [-0.2, 0) is 6.54 Å². The predicted octanol–water partition coefficient (Wildman–Crippen LogP) is 3.38. The highest BCUT2D eigenvalue weighted by molar-refractivity contribution is 7.11. The Bertz CT molecular complexity index is 463. The Labute approximate surface area is 145 Å². The molecule has 2 heterocycles. The second kappa shape index (κ2) is 10.7. The van der Waals surface area contributed by atoms with Crippen molar-refractivity contribution in [1.29, 1.82) is 0 Å². The van der Waals surface area contributed by atoms with Crippen molar-refractivity contribution in [3.8, 4) is 0 Å². The predicted molar refractivity (Wildman–Crippen MR) is 101 cm³/mol. The summed E-state index contributed by atoms with van der Waals surface area (Å²) in [4.78, 5) is 9.63. The molecule has 0 unspecified atom stereocenters. The number of hydrogen-bond acceptors (Lipinski definition) is 3. The van der Waals surface area contributed by atoms with Crippen LogP contribution in [0.1, 0.15) is 48.3 Å². The lowest BCUT2D eigenvalue weighted by molar-refractivity contribution is 0.224. The summed E-state index contributed by atoms with van der Waals surface area (Å²) in [5, 5.41) is 6.80. The molecule has 4 nitrogen and oxygen atoms in total. The van der Waals surface area contributed by atoms with E-state index < -0.39 is 0 Å². The van der Waals surface area contributed by atoms with Gasteiger partial charge in [-0.15, -0.1) is 11.3 Å². The molecule has 130 valence electrons. The highest BCUT2D eigenvalue weighted by Gasteiger charge is 2.08. The van der Waals surface area contributed by atoms with Crippen LogP contribution in [0, 0.1) is 6.92 Å². The maximum Gasteiger partial charge on any atom is 0.191 e.